The maximum atomic E-state index is 12.6. The monoisotopic (exact) mass is 352 g/mol. The van der Waals surface area contributed by atoms with Gasteiger partial charge in [0.25, 0.3) is 0 Å². The third-order valence-electron chi connectivity index (χ3n) is 5.70. The number of ether oxygens (including phenoxy) is 1. The molecule has 3 aliphatic heterocycles. The van der Waals surface area contributed by atoms with E-state index in [0.717, 1.165) is 52.1 Å². The van der Waals surface area contributed by atoms with E-state index in [2.05, 4.69) is 9.80 Å². The van der Waals surface area contributed by atoms with Gasteiger partial charge in [-0.05, 0) is 26.2 Å². The lowest BCUT2D eigenvalue weighted by molar-refractivity contribution is -0.142. The minimum Gasteiger partial charge on any atom is -0.378 e. The van der Waals surface area contributed by atoms with Crippen LogP contribution in [0.3, 0.4) is 0 Å². The lowest BCUT2D eigenvalue weighted by atomic mass is 10.1. The maximum absolute atomic E-state index is 12.6. The van der Waals surface area contributed by atoms with Gasteiger partial charge in [0.1, 0.15) is 0 Å². The second-order valence-electron chi connectivity index (χ2n) is 7.37. The number of piperidine rings is 1. The van der Waals surface area contributed by atoms with Crippen molar-refractivity contribution in [1.29, 1.82) is 0 Å². The molecule has 0 saturated carbocycles. The first-order valence-electron chi connectivity index (χ1n) is 9.76. The lowest BCUT2D eigenvalue weighted by Gasteiger charge is -2.40. The summed E-state index contributed by atoms with van der Waals surface area (Å²) in [4.78, 5) is 33.4. The highest BCUT2D eigenvalue weighted by Gasteiger charge is 2.30. The summed E-state index contributed by atoms with van der Waals surface area (Å²) in [6.07, 6.45) is 3.53. The first-order chi connectivity index (χ1) is 12.1. The predicted molar refractivity (Wildman–Crippen MR) is 95.3 cm³/mol. The number of likely N-dealkylation sites (tertiary alicyclic amines) is 1. The van der Waals surface area contributed by atoms with Gasteiger partial charge in [0.2, 0.25) is 11.8 Å². The molecule has 142 valence electrons. The summed E-state index contributed by atoms with van der Waals surface area (Å²) in [5.74, 6) is 0.478. The third-order valence-corrected chi connectivity index (χ3v) is 5.70. The number of carbonyl (C=O) groups excluding carboxylic acids is 2. The molecule has 1 unspecified atom stereocenters. The fraction of sp³-hybridized carbons (Fsp3) is 0.889. The number of morpholine rings is 1. The second kappa shape index (κ2) is 8.96. The zero-order valence-corrected chi connectivity index (χ0v) is 15.5. The standard InChI is InChI=1S/C18H32N4O3/c1-16(18(24)22-11-13-25-14-12-22)20-9-7-19(8-10-20)15-17(23)21-5-3-2-4-6-21/h16H,2-15H2,1H3. The van der Waals surface area contributed by atoms with E-state index in [1.807, 2.05) is 16.7 Å². The Morgan fingerprint density at radius 2 is 1.48 bits per heavy atom. The van der Waals surface area contributed by atoms with Crippen molar-refractivity contribution in [3.63, 3.8) is 0 Å². The second-order valence-corrected chi connectivity index (χ2v) is 7.37. The Labute approximate surface area is 150 Å². The van der Waals surface area contributed by atoms with Gasteiger partial charge in [-0.25, -0.2) is 0 Å². The van der Waals surface area contributed by atoms with E-state index in [1.54, 1.807) is 0 Å². The van der Waals surface area contributed by atoms with Gasteiger partial charge in [-0.15, -0.1) is 0 Å². The van der Waals surface area contributed by atoms with Crippen molar-refractivity contribution in [3.8, 4) is 0 Å². The highest BCUT2D eigenvalue weighted by Crippen LogP contribution is 2.12. The first-order valence-corrected chi connectivity index (χ1v) is 9.76. The van der Waals surface area contributed by atoms with Crippen LogP contribution < -0.4 is 0 Å². The van der Waals surface area contributed by atoms with Crippen LogP contribution in [0, 0.1) is 0 Å². The maximum Gasteiger partial charge on any atom is 0.239 e. The molecule has 7 heteroatoms. The molecule has 7 nitrogen and oxygen atoms in total. The van der Waals surface area contributed by atoms with Gasteiger partial charge in [0.15, 0.2) is 0 Å². The van der Waals surface area contributed by atoms with Crippen LogP contribution in [0.25, 0.3) is 0 Å². The molecular weight excluding hydrogens is 320 g/mol. The van der Waals surface area contributed by atoms with Crippen molar-refractivity contribution in [3.05, 3.63) is 0 Å². The molecule has 3 rings (SSSR count). The molecule has 0 aromatic heterocycles. The van der Waals surface area contributed by atoms with Gasteiger partial charge in [-0.2, -0.15) is 0 Å². The molecule has 0 aliphatic carbocycles. The molecule has 2 amide bonds. The highest BCUT2D eigenvalue weighted by molar-refractivity contribution is 5.81. The van der Waals surface area contributed by atoms with E-state index in [0.29, 0.717) is 32.8 Å². The van der Waals surface area contributed by atoms with Crippen LogP contribution in [-0.4, -0.2) is 110 Å². The minimum atomic E-state index is -0.0851. The van der Waals surface area contributed by atoms with Crippen LogP contribution in [0.5, 0.6) is 0 Å². The Morgan fingerprint density at radius 1 is 0.840 bits per heavy atom. The Morgan fingerprint density at radius 3 is 2.12 bits per heavy atom. The molecule has 1 atom stereocenters. The summed E-state index contributed by atoms with van der Waals surface area (Å²) in [5, 5.41) is 0. The van der Waals surface area contributed by atoms with Crippen LogP contribution >= 0.6 is 0 Å². The number of hydrogen-bond acceptors (Lipinski definition) is 5. The van der Waals surface area contributed by atoms with Gasteiger partial charge in [0.05, 0.1) is 25.8 Å². The molecule has 3 fully saturated rings. The quantitative estimate of drug-likeness (QED) is 0.705. The molecular formula is C18H32N4O3. The first kappa shape index (κ1) is 18.6. The molecule has 0 radical (unpaired) electrons. The predicted octanol–water partition coefficient (Wildman–Crippen LogP) is -0.136. The van der Waals surface area contributed by atoms with E-state index in [1.165, 1.54) is 6.42 Å². The van der Waals surface area contributed by atoms with E-state index >= 15 is 0 Å². The van der Waals surface area contributed by atoms with Gasteiger partial charge >= 0.3 is 0 Å². The number of piperazine rings is 1. The number of hydrogen-bond donors (Lipinski definition) is 0. The van der Waals surface area contributed by atoms with E-state index in [4.69, 9.17) is 4.74 Å². The van der Waals surface area contributed by atoms with Crippen LogP contribution in [0.4, 0.5) is 0 Å². The Hall–Kier alpha value is -1.18. The van der Waals surface area contributed by atoms with Gasteiger partial charge < -0.3 is 14.5 Å². The number of carbonyl (C=O) groups is 2. The summed E-state index contributed by atoms with van der Waals surface area (Å²) in [6, 6.07) is -0.0851. The smallest absolute Gasteiger partial charge is 0.239 e. The summed E-state index contributed by atoms with van der Waals surface area (Å²) < 4.78 is 5.33. The lowest BCUT2D eigenvalue weighted by Crippen LogP contribution is -2.57. The van der Waals surface area contributed by atoms with E-state index in [-0.39, 0.29) is 17.9 Å². The van der Waals surface area contributed by atoms with Crippen molar-refractivity contribution in [2.45, 2.75) is 32.2 Å². The SMILES string of the molecule is CC(C(=O)N1CCOCC1)N1CCN(CC(=O)N2CCCCC2)CC1. The van der Waals surface area contributed by atoms with Crippen LogP contribution in [0.15, 0.2) is 0 Å². The van der Waals surface area contributed by atoms with Crippen molar-refractivity contribution >= 4 is 11.8 Å². The Balaban J connectivity index is 1.41. The van der Waals surface area contributed by atoms with E-state index < -0.39 is 0 Å². The molecule has 0 N–H and O–H groups in total. The molecule has 25 heavy (non-hydrogen) atoms. The Bertz CT molecular complexity index is 453. The van der Waals surface area contributed by atoms with E-state index in [9.17, 15) is 9.59 Å². The zero-order chi connectivity index (χ0) is 17.6. The summed E-state index contributed by atoms with van der Waals surface area (Å²) in [7, 11) is 0. The molecule has 3 heterocycles. The van der Waals surface area contributed by atoms with Crippen LogP contribution in [-0.2, 0) is 14.3 Å². The summed E-state index contributed by atoms with van der Waals surface area (Å²) >= 11 is 0. The fourth-order valence-electron chi connectivity index (χ4n) is 3.95. The molecule has 0 aromatic carbocycles. The summed E-state index contributed by atoms with van der Waals surface area (Å²) in [5.41, 5.74) is 0. The molecule has 3 aliphatic rings. The van der Waals surface area contributed by atoms with Crippen molar-refractivity contribution in [2.75, 3.05) is 72.1 Å². The number of nitrogens with zero attached hydrogens (tertiary/aromatic N) is 4. The number of amides is 2. The molecule has 0 spiro atoms. The van der Waals surface area contributed by atoms with Crippen molar-refractivity contribution in [1.82, 2.24) is 19.6 Å². The normalized spacial score (nSPS) is 25.0. The Kier molecular flexibility index (Phi) is 6.67. The fourth-order valence-corrected chi connectivity index (χ4v) is 3.95. The van der Waals surface area contributed by atoms with Crippen LogP contribution in [0.1, 0.15) is 26.2 Å². The largest absolute Gasteiger partial charge is 0.378 e. The highest BCUT2D eigenvalue weighted by atomic mass is 16.5. The third kappa shape index (κ3) is 4.92. The van der Waals surface area contributed by atoms with Crippen molar-refractivity contribution < 1.29 is 14.3 Å². The molecule has 3 saturated heterocycles. The average Bonchev–Trinajstić information content (AvgIpc) is 2.69. The summed E-state index contributed by atoms with van der Waals surface area (Å²) in [6.45, 7) is 10.5. The zero-order valence-electron chi connectivity index (χ0n) is 15.5. The molecule has 0 aromatic rings. The topological polar surface area (TPSA) is 56.3 Å². The molecule has 0 bridgehead atoms. The van der Waals surface area contributed by atoms with Gasteiger partial charge in [0, 0.05) is 52.4 Å². The number of rotatable bonds is 4. The minimum absolute atomic E-state index is 0.0851. The van der Waals surface area contributed by atoms with Crippen LogP contribution in [0.2, 0.25) is 0 Å². The average molecular weight is 352 g/mol. The van der Waals surface area contributed by atoms with Gasteiger partial charge in [-0.1, -0.05) is 0 Å². The van der Waals surface area contributed by atoms with Gasteiger partial charge in [-0.3, -0.25) is 19.4 Å². The van der Waals surface area contributed by atoms with Crippen molar-refractivity contribution in [2.24, 2.45) is 0 Å².